The number of amides is 1. The fourth-order valence-electron chi connectivity index (χ4n) is 4.07. The van der Waals surface area contributed by atoms with E-state index < -0.39 is 36.5 Å². The highest BCUT2D eigenvalue weighted by atomic mass is 16.5. The van der Waals surface area contributed by atoms with Gasteiger partial charge in [0.05, 0.1) is 5.69 Å². The van der Waals surface area contributed by atoms with Gasteiger partial charge in [0, 0.05) is 0 Å². The van der Waals surface area contributed by atoms with Gasteiger partial charge in [-0.3, -0.25) is 24.6 Å². The molecule has 1 fully saturated rings. The Labute approximate surface area is 175 Å². The normalized spacial score (nSPS) is 20.7. The average molecular weight is 419 g/mol. The third-order valence-electron chi connectivity index (χ3n) is 5.68. The van der Waals surface area contributed by atoms with Gasteiger partial charge in [-0.05, 0) is 50.4 Å². The predicted octanol–water partition coefficient (Wildman–Crippen LogP) is 1.08. The van der Waals surface area contributed by atoms with E-state index in [1.54, 1.807) is 24.3 Å². The number of nitrogens with one attached hydrogen (secondary N) is 2. The number of ether oxygens (including phenoxy) is 1. The van der Waals surface area contributed by atoms with Crippen LogP contribution in [0.25, 0.3) is 0 Å². The lowest BCUT2D eigenvalue weighted by Crippen LogP contribution is -2.54. The minimum Gasteiger partial charge on any atom is -0.489 e. The first-order chi connectivity index (χ1) is 14.5. The molecule has 0 aromatic heterocycles. The first kappa shape index (κ1) is 22.0. The summed E-state index contributed by atoms with van der Waals surface area (Å²) in [6, 6.07) is 4.85. The quantitative estimate of drug-likeness (QED) is 0.468. The number of hydrogen-bond acceptors (Lipinski definition) is 6. The van der Waals surface area contributed by atoms with E-state index in [0.717, 1.165) is 43.7 Å². The first-order valence-electron chi connectivity index (χ1n) is 10.4. The summed E-state index contributed by atoms with van der Waals surface area (Å²) in [7, 11) is 0. The van der Waals surface area contributed by atoms with E-state index in [-0.39, 0.29) is 6.61 Å². The molecule has 2 atom stereocenters. The lowest BCUT2D eigenvalue weighted by Gasteiger charge is -2.26. The molecule has 1 aromatic rings. The van der Waals surface area contributed by atoms with Crippen LogP contribution in [0.4, 0.5) is 5.69 Å². The third kappa shape index (κ3) is 5.70. The average Bonchev–Trinajstić information content (AvgIpc) is 2.85. The largest absolute Gasteiger partial charge is 0.489 e. The number of benzene rings is 1. The van der Waals surface area contributed by atoms with Crippen LogP contribution in [0.1, 0.15) is 32.1 Å². The zero-order valence-corrected chi connectivity index (χ0v) is 16.9. The molecule has 1 saturated heterocycles. The van der Waals surface area contributed by atoms with Crippen molar-refractivity contribution in [2.45, 2.75) is 44.2 Å². The van der Waals surface area contributed by atoms with Crippen LogP contribution in [-0.2, 0) is 14.4 Å². The molecule has 9 nitrogen and oxygen atoms in total. The summed E-state index contributed by atoms with van der Waals surface area (Å²) in [5.74, 6) is -1.69. The van der Waals surface area contributed by atoms with Crippen molar-refractivity contribution in [2.75, 3.05) is 31.1 Å². The smallest absolute Gasteiger partial charge is 0.323 e. The number of rotatable bonds is 9. The zero-order chi connectivity index (χ0) is 21.5. The zero-order valence-electron chi connectivity index (χ0n) is 16.9. The van der Waals surface area contributed by atoms with Gasteiger partial charge in [0.2, 0.25) is 5.91 Å². The first-order valence-corrected chi connectivity index (χ1v) is 10.4. The molecule has 1 aromatic carbocycles. The van der Waals surface area contributed by atoms with E-state index in [4.69, 9.17) is 4.74 Å². The van der Waals surface area contributed by atoms with Crippen LogP contribution in [-0.4, -0.2) is 66.4 Å². The van der Waals surface area contributed by atoms with Crippen LogP contribution in [0, 0.1) is 5.92 Å². The van der Waals surface area contributed by atoms with E-state index in [0.29, 0.717) is 23.8 Å². The molecule has 2 heterocycles. The lowest BCUT2D eigenvalue weighted by molar-refractivity contribution is -0.141. The van der Waals surface area contributed by atoms with Crippen molar-refractivity contribution < 1.29 is 29.3 Å². The van der Waals surface area contributed by atoms with Gasteiger partial charge in [-0.2, -0.15) is 0 Å². The highest BCUT2D eigenvalue weighted by Crippen LogP contribution is 2.31. The summed E-state index contributed by atoms with van der Waals surface area (Å²) in [6.07, 6.45) is 4.30. The second kappa shape index (κ2) is 10.4. The van der Waals surface area contributed by atoms with E-state index in [9.17, 15) is 24.6 Å². The van der Waals surface area contributed by atoms with Gasteiger partial charge in [-0.15, -0.1) is 0 Å². The molecule has 0 radical (unpaired) electrons. The Hall–Kier alpha value is -2.65. The van der Waals surface area contributed by atoms with Crippen molar-refractivity contribution >= 4 is 23.5 Å². The molecule has 1 unspecified atom stereocenters. The minimum absolute atomic E-state index is 0.0654. The molecule has 3 rings (SSSR count). The van der Waals surface area contributed by atoms with Crippen molar-refractivity contribution in [3.05, 3.63) is 24.3 Å². The van der Waals surface area contributed by atoms with E-state index in [2.05, 4.69) is 10.6 Å². The number of carbonyl (C=O) groups is 3. The van der Waals surface area contributed by atoms with Gasteiger partial charge in [0.15, 0.2) is 0 Å². The lowest BCUT2D eigenvalue weighted by atomic mass is 9.91. The standard InChI is InChI=1S/C21H29N3O6/c25-19(26)12-24-17-6-1-2-7-18(17)30-13-16(20(24)27)23-15(21(28)29)5-3-4-14-8-10-22-11-9-14/h1-2,6-7,14-16,22-23H,3-5,8-13H2,(H,25,26)(H,28,29)/t15-,16?/m0/s1. The summed E-state index contributed by atoms with van der Waals surface area (Å²) < 4.78 is 5.71. The SMILES string of the molecule is O=C(O)CN1C(=O)C(N[C@@H](CCCC2CCNCC2)C(=O)O)COc2ccccc21. The maximum absolute atomic E-state index is 13.0. The van der Waals surface area contributed by atoms with E-state index >= 15 is 0 Å². The Morgan fingerprint density at radius 1 is 1.23 bits per heavy atom. The molecular formula is C21H29N3O6. The summed E-state index contributed by atoms with van der Waals surface area (Å²) in [6.45, 7) is 1.41. The third-order valence-corrected chi connectivity index (χ3v) is 5.68. The van der Waals surface area contributed by atoms with Gasteiger partial charge >= 0.3 is 11.9 Å². The summed E-state index contributed by atoms with van der Waals surface area (Å²) >= 11 is 0. The number of aliphatic carboxylic acids is 2. The maximum atomic E-state index is 13.0. The van der Waals surface area contributed by atoms with Crippen molar-refractivity contribution in [1.29, 1.82) is 0 Å². The number of nitrogens with zero attached hydrogens (tertiary/aromatic N) is 1. The van der Waals surface area contributed by atoms with Crippen LogP contribution in [0.2, 0.25) is 0 Å². The number of piperidine rings is 1. The van der Waals surface area contributed by atoms with Gasteiger partial charge in [0.1, 0.15) is 31.0 Å². The monoisotopic (exact) mass is 419 g/mol. The molecular weight excluding hydrogens is 390 g/mol. The number of carboxylic acid groups (broad SMARTS) is 2. The molecule has 164 valence electrons. The van der Waals surface area contributed by atoms with Crippen LogP contribution in [0.15, 0.2) is 24.3 Å². The fourth-order valence-corrected chi connectivity index (χ4v) is 4.07. The number of carboxylic acids is 2. The Balaban J connectivity index is 1.66. The predicted molar refractivity (Wildman–Crippen MR) is 110 cm³/mol. The molecule has 30 heavy (non-hydrogen) atoms. The molecule has 0 spiro atoms. The molecule has 1 amide bonds. The summed E-state index contributed by atoms with van der Waals surface area (Å²) in [5, 5.41) is 25.1. The van der Waals surface area contributed by atoms with E-state index in [1.807, 2.05) is 0 Å². The molecule has 4 N–H and O–H groups in total. The number of anilines is 1. The maximum Gasteiger partial charge on any atom is 0.323 e. The van der Waals surface area contributed by atoms with Crippen molar-refractivity contribution in [3.63, 3.8) is 0 Å². The Morgan fingerprint density at radius 3 is 2.67 bits per heavy atom. The second-order valence-electron chi connectivity index (χ2n) is 7.83. The molecule has 0 bridgehead atoms. The Kier molecular flexibility index (Phi) is 7.64. The van der Waals surface area contributed by atoms with Crippen LogP contribution >= 0.6 is 0 Å². The van der Waals surface area contributed by atoms with E-state index in [1.165, 1.54) is 0 Å². The van der Waals surface area contributed by atoms with Gasteiger partial charge in [-0.25, -0.2) is 0 Å². The fraction of sp³-hybridized carbons (Fsp3) is 0.571. The number of hydrogen-bond donors (Lipinski definition) is 4. The van der Waals surface area contributed by atoms with Crippen molar-refractivity contribution in [2.24, 2.45) is 5.92 Å². The van der Waals surface area contributed by atoms with Gasteiger partial charge in [-0.1, -0.05) is 25.0 Å². The topological polar surface area (TPSA) is 128 Å². The Morgan fingerprint density at radius 2 is 1.97 bits per heavy atom. The number of para-hydroxylation sites is 2. The highest BCUT2D eigenvalue weighted by Gasteiger charge is 2.35. The Bertz CT molecular complexity index is 765. The number of fused-ring (bicyclic) bond motifs is 1. The van der Waals surface area contributed by atoms with Gasteiger partial charge in [0.25, 0.3) is 0 Å². The molecule has 0 aliphatic carbocycles. The van der Waals surface area contributed by atoms with Crippen LogP contribution < -0.4 is 20.3 Å². The van der Waals surface area contributed by atoms with Crippen molar-refractivity contribution in [1.82, 2.24) is 10.6 Å². The molecule has 2 aliphatic heterocycles. The van der Waals surface area contributed by atoms with Crippen LogP contribution in [0.3, 0.4) is 0 Å². The second-order valence-corrected chi connectivity index (χ2v) is 7.83. The summed E-state index contributed by atoms with van der Waals surface area (Å²) in [5.41, 5.74) is 0.368. The number of carbonyl (C=O) groups excluding carboxylic acids is 1. The van der Waals surface area contributed by atoms with Crippen LogP contribution in [0.5, 0.6) is 5.75 Å². The van der Waals surface area contributed by atoms with Gasteiger partial charge < -0.3 is 20.3 Å². The molecule has 2 aliphatic rings. The highest BCUT2D eigenvalue weighted by molar-refractivity contribution is 6.02. The molecule has 9 heteroatoms. The minimum atomic E-state index is -1.16. The molecule has 0 saturated carbocycles. The summed E-state index contributed by atoms with van der Waals surface area (Å²) in [4.78, 5) is 37.3. The van der Waals surface area contributed by atoms with Crippen molar-refractivity contribution in [3.8, 4) is 5.75 Å².